The number of aromatic nitrogens is 2. The summed E-state index contributed by atoms with van der Waals surface area (Å²) in [6, 6.07) is 2.11. The largest absolute Gasteiger partial charge is 0.356 e. The van der Waals surface area contributed by atoms with E-state index in [1.54, 1.807) is 0 Å². The molecular formula is C14H22BrN3. The van der Waals surface area contributed by atoms with E-state index in [0.717, 1.165) is 41.7 Å². The first-order valence-corrected chi connectivity index (χ1v) is 7.88. The van der Waals surface area contributed by atoms with Gasteiger partial charge in [-0.25, -0.2) is 9.97 Å². The average molecular weight is 312 g/mol. The van der Waals surface area contributed by atoms with Crippen LogP contribution >= 0.6 is 15.9 Å². The Hall–Kier alpha value is -0.640. The van der Waals surface area contributed by atoms with Crippen LogP contribution in [0.15, 0.2) is 6.07 Å². The summed E-state index contributed by atoms with van der Waals surface area (Å²) in [5, 5.41) is 1.09. The van der Waals surface area contributed by atoms with Crippen molar-refractivity contribution in [3.8, 4) is 0 Å². The summed E-state index contributed by atoms with van der Waals surface area (Å²) in [5.74, 6) is 3.21. The third kappa shape index (κ3) is 3.22. The normalized spacial score (nSPS) is 20.5. The van der Waals surface area contributed by atoms with Gasteiger partial charge in [-0.1, -0.05) is 29.8 Å². The molecule has 1 aromatic rings. The maximum absolute atomic E-state index is 4.73. The average Bonchev–Trinajstić information content (AvgIpc) is 2.38. The molecule has 0 N–H and O–H groups in total. The molecule has 1 unspecified atom stereocenters. The number of rotatable bonds is 3. The monoisotopic (exact) mass is 311 g/mol. The van der Waals surface area contributed by atoms with E-state index in [1.165, 1.54) is 12.8 Å². The molecule has 3 nitrogen and oxygen atoms in total. The van der Waals surface area contributed by atoms with Crippen molar-refractivity contribution in [2.45, 2.75) is 39.5 Å². The van der Waals surface area contributed by atoms with Crippen LogP contribution in [0.2, 0.25) is 0 Å². The maximum Gasteiger partial charge on any atom is 0.133 e. The molecule has 1 aromatic heterocycles. The molecule has 2 heterocycles. The molecule has 100 valence electrons. The van der Waals surface area contributed by atoms with Gasteiger partial charge in [0.15, 0.2) is 0 Å². The lowest BCUT2D eigenvalue weighted by atomic mass is 10.0. The lowest BCUT2D eigenvalue weighted by molar-refractivity contribution is 0.452. The lowest BCUT2D eigenvalue weighted by Crippen LogP contribution is -2.36. The number of anilines is 1. The number of aryl methyl sites for hydroxylation is 1. The van der Waals surface area contributed by atoms with E-state index in [9.17, 15) is 0 Å². The van der Waals surface area contributed by atoms with E-state index in [2.05, 4.69) is 52.7 Å². The zero-order valence-electron chi connectivity index (χ0n) is 11.5. The van der Waals surface area contributed by atoms with E-state index in [-0.39, 0.29) is 0 Å². The Morgan fingerprint density at radius 1 is 1.44 bits per heavy atom. The standard InChI is InChI=1S/C14H22BrN3/c1-10(2)14-16-11(3)7-13(17-14)18-6-4-5-12(8-15)9-18/h7,10,12H,4-6,8-9H2,1-3H3. The summed E-state index contributed by atoms with van der Waals surface area (Å²) < 4.78 is 0. The molecule has 1 saturated heterocycles. The third-order valence-corrected chi connectivity index (χ3v) is 4.35. The van der Waals surface area contributed by atoms with Crippen LogP contribution in [-0.2, 0) is 0 Å². The molecule has 18 heavy (non-hydrogen) atoms. The maximum atomic E-state index is 4.73. The minimum absolute atomic E-state index is 0.389. The van der Waals surface area contributed by atoms with Gasteiger partial charge in [-0.3, -0.25) is 0 Å². The molecule has 1 aliphatic heterocycles. The van der Waals surface area contributed by atoms with E-state index >= 15 is 0 Å². The van der Waals surface area contributed by atoms with E-state index < -0.39 is 0 Å². The van der Waals surface area contributed by atoms with Gasteiger partial charge in [0.2, 0.25) is 0 Å². The molecule has 1 atom stereocenters. The van der Waals surface area contributed by atoms with Crippen LogP contribution in [0.4, 0.5) is 5.82 Å². The highest BCUT2D eigenvalue weighted by Crippen LogP contribution is 2.24. The summed E-state index contributed by atoms with van der Waals surface area (Å²) in [7, 11) is 0. The summed E-state index contributed by atoms with van der Waals surface area (Å²) in [6.07, 6.45) is 2.58. The molecule has 0 saturated carbocycles. The Labute approximate surface area is 118 Å². The van der Waals surface area contributed by atoms with Crippen molar-refractivity contribution in [2.24, 2.45) is 5.92 Å². The van der Waals surface area contributed by atoms with E-state index in [4.69, 9.17) is 4.98 Å². The van der Waals surface area contributed by atoms with E-state index in [1.807, 2.05) is 0 Å². The minimum atomic E-state index is 0.389. The smallest absolute Gasteiger partial charge is 0.133 e. The number of hydrogen-bond acceptors (Lipinski definition) is 3. The summed E-state index contributed by atoms with van der Waals surface area (Å²) in [4.78, 5) is 11.7. The SMILES string of the molecule is Cc1cc(N2CCCC(CBr)C2)nc(C(C)C)n1. The Bertz CT molecular complexity index is 406. The van der Waals surface area contributed by atoms with Gasteiger partial charge in [-0.05, 0) is 25.7 Å². The molecule has 1 aliphatic rings. The summed E-state index contributed by atoms with van der Waals surface area (Å²) in [5.41, 5.74) is 1.07. The zero-order valence-corrected chi connectivity index (χ0v) is 13.1. The first kappa shape index (κ1) is 13.8. The van der Waals surface area contributed by atoms with Gasteiger partial charge in [0.05, 0.1) is 0 Å². The van der Waals surface area contributed by atoms with Crippen LogP contribution in [0.25, 0.3) is 0 Å². The highest BCUT2D eigenvalue weighted by atomic mass is 79.9. The van der Waals surface area contributed by atoms with Crippen LogP contribution in [-0.4, -0.2) is 28.4 Å². The second-order valence-corrected chi connectivity index (χ2v) is 6.14. The van der Waals surface area contributed by atoms with Crippen LogP contribution in [0, 0.1) is 12.8 Å². The number of hydrogen-bond donors (Lipinski definition) is 0. The molecule has 2 rings (SSSR count). The van der Waals surface area contributed by atoms with Crippen LogP contribution < -0.4 is 4.90 Å². The molecule has 4 heteroatoms. The highest BCUT2D eigenvalue weighted by molar-refractivity contribution is 9.09. The molecule has 0 radical (unpaired) electrons. The Morgan fingerprint density at radius 2 is 2.22 bits per heavy atom. The Kier molecular flexibility index (Phi) is 4.60. The Morgan fingerprint density at radius 3 is 2.89 bits per heavy atom. The van der Waals surface area contributed by atoms with Crippen LogP contribution in [0.3, 0.4) is 0 Å². The zero-order chi connectivity index (χ0) is 13.1. The highest BCUT2D eigenvalue weighted by Gasteiger charge is 2.21. The number of piperidine rings is 1. The van der Waals surface area contributed by atoms with Crippen LogP contribution in [0.1, 0.15) is 44.1 Å². The van der Waals surface area contributed by atoms with Crippen molar-refractivity contribution >= 4 is 21.7 Å². The molecular weight excluding hydrogens is 290 g/mol. The minimum Gasteiger partial charge on any atom is -0.356 e. The fourth-order valence-electron chi connectivity index (χ4n) is 2.39. The first-order chi connectivity index (χ1) is 8.60. The van der Waals surface area contributed by atoms with Gasteiger partial charge in [-0.2, -0.15) is 0 Å². The first-order valence-electron chi connectivity index (χ1n) is 6.76. The van der Waals surface area contributed by atoms with Gasteiger partial charge in [0.1, 0.15) is 11.6 Å². The van der Waals surface area contributed by atoms with Crippen molar-refractivity contribution in [1.29, 1.82) is 0 Å². The summed E-state index contributed by atoms with van der Waals surface area (Å²) >= 11 is 3.60. The van der Waals surface area contributed by atoms with Crippen molar-refractivity contribution < 1.29 is 0 Å². The number of halogens is 1. The molecule has 0 aromatic carbocycles. The summed E-state index contributed by atoms with van der Waals surface area (Å²) in [6.45, 7) is 8.59. The molecule has 0 amide bonds. The van der Waals surface area contributed by atoms with Crippen molar-refractivity contribution in [3.63, 3.8) is 0 Å². The van der Waals surface area contributed by atoms with Gasteiger partial charge in [-0.15, -0.1) is 0 Å². The van der Waals surface area contributed by atoms with Gasteiger partial charge in [0, 0.05) is 36.1 Å². The topological polar surface area (TPSA) is 29.0 Å². The molecule has 1 fully saturated rings. The number of alkyl halides is 1. The fraction of sp³-hybridized carbons (Fsp3) is 0.714. The van der Waals surface area contributed by atoms with Gasteiger partial charge >= 0.3 is 0 Å². The Balaban J connectivity index is 2.21. The predicted octanol–water partition coefficient (Wildman–Crippen LogP) is 3.52. The van der Waals surface area contributed by atoms with Gasteiger partial charge < -0.3 is 4.90 Å². The second kappa shape index (κ2) is 6.00. The second-order valence-electron chi connectivity index (χ2n) is 5.49. The van der Waals surface area contributed by atoms with Crippen molar-refractivity contribution in [2.75, 3.05) is 23.3 Å². The predicted molar refractivity (Wildman–Crippen MR) is 79.6 cm³/mol. The van der Waals surface area contributed by atoms with Crippen LogP contribution in [0.5, 0.6) is 0 Å². The van der Waals surface area contributed by atoms with E-state index in [0.29, 0.717) is 5.92 Å². The molecule has 0 aliphatic carbocycles. The lowest BCUT2D eigenvalue weighted by Gasteiger charge is -2.33. The molecule has 0 bridgehead atoms. The molecule has 0 spiro atoms. The quantitative estimate of drug-likeness (QED) is 0.800. The third-order valence-electron chi connectivity index (χ3n) is 3.44. The van der Waals surface area contributed by atoms with Crippen molar-refractivity contribution in [3.05, 3.63) is 17.6 Å². The van der Waals surface area contributed by atoms with Gasteiger partial charge in [0.25, 0.3) is 0 Å². The fourth-order valence-corrected chi connectivity index (χ4v) is 2.92. The number of nitrogens with zero attached hydrogens (tertiary/aromatic N) is 3. The van der Waals surface area contributed by atoms with Crippen molar-refractivity contribution in [1.82, 2.24) is 9.97 Å².